The fourth-order valence-corrected chi connectivity index (χ4v) is 4.19. The van der Waals surface area contributed by atoms with Gasteiger partial charge in [-0.05, 0) is 56.6 Å². The first-order valence-corrected chi connectivity index (χ1v) is 11.1. The van der Waals surface area contributed by atoms with E-state index in [0.29, 0.717) is 35.1 Å². The molecular formula is C24H31N5O2. The molecule has 7 heteroatoms. The van der Waals surface area contributed by atoms with Gasteiger partial charge in [-0.3, -0.25) is 14.5 Å². The second-order valence-electron chi connectivity index (χ2n) is 8.65. The van der Waals surface area contributed by atoms with Crippen LogP contribution in [0.4, 0.5) is 17.2 Å². The molecule has 4 rings (SSSR count). The molecule has 2 amide bonds. The predicted molar refractivity (Wildman–Crippen MR) is 123 cm³/mol. The SMILES string of the molecule is CC(CCC(=O)N1c2ccccc2C(=O)Nc2cccnc21)CCN1CCN(C)CC1. The Morgan fingerprint density at radius 1 is 1.10 bits per heavy atom. The highest BCUT2D eigenvalue weighted by Gasteiger charge is 2.30. The van der Waals surface area contributed by atoms with Gasteiger partial charge in [0, 0.05) is 38.8 Å². The first-order chi connectivity index (χ1) is 15.0. The van der Waals surface area contributed by atoms with E-state index in [1.165, 1.54) is 0 Å². The van der Waals surface area contributed by atoms with Gasteiger partial charge in [0.25, 0.3) is 5.91 Å². The van der Waals surface area contributed by atoms with Crippen molar-refractivity contribution in [3.8, 4) is 0 Å². The number of benzene rings is 1. The maximum atomic E-state index is 13.4. The zero-order valence-electron chi connectivity index (χ0n) is 18.4. The molecule has 1 unspecified atom stereocenters. The van der Waals surface area contributed by atoms with Crippen molar-refractivity contribution in [1.29, 1.82) is 0 Å². The van der Waals surface area contributed by atoms with Crippen LogP contribution in [0.1, 0.15) is 36.5 Å². The summed E-state index contributed by atoms with van der Waals surface area (Å²) in [7, 11) is 2.17. The van der Waals surface area contributed by atoms with Crippen molar-refractivity contribution in [3.63, 3.8) is 0 Å². The number of likely N-dealkylation sites (N-methyl/N-ethyl adjacent to an activating group) is 1. The molecule has 2 aliphatic rings. The van der Waals surface area contributed by atoms with Crippen LogP contribution in [0.5, 0.6) is 0 Å². The maximum absolute atomic E-state index is 13.4. The van der Waals surface area contributed by atoms with Gasteiger partial charge in [0.2, 0.25) is 5.91 Å². The number of nitrogens with zero attached hydrogens (tertiary/aromatic N) is 4. The standard InChI is InChI=1S/C24H31N5O2/c1-18(11-13-28-16-14-27(2)15-17-28)9-10-22(30)29-21-8-4-3-6-19(21)24(31)26-20-7-5-12-25-23(20)29/h3-8,12,18H,9-11,13-17H2,1-2H3,(H,26,31). The second kappa shape index (κ2) is 9.58. The van der Waals surface area contributed by atoms with Crippen molar-refractivity contribution in [2.45, 2.75) is 26.2 Å². The number of amides is 2. The second-order valence-corrected chi connectivity index (χ2v) is 8.65. The predicted octanol–water partition coefficient (Wildman–Crippen LogP) is 3.37. The van der Waals surface area contributed by atoms with Gasteiger partial charge in [-0.15, -0.1) is 0 Å². The molecule has 0 radical (unpaired) electrons. The number of piperazine rings is 1. The lowest BCUT2D eigenvalue weighted by Crippen LogP contribution is -2.44. The molecule has 1 fully saturated rings. The number of fused-ring (bicyclic) bond motifs is 2. The normalized spacial score (nSPS) is 18.0. The van der Waals surface area contributed by atoms with E-state index in [0.717, 1.165) is 45.6 Å². The van der Waals surface area contributed by atoms with Gasteiger partial charge in [0.15, 0.2) is 5.82 Å². The van der Waals surface area contributed by atoms with Crippen LogP contribution in [0.2, 0.25) is 0 Å². The lowest BCUT2D eigenvalue weighted by Gasteiger charge is -2.33. The Morgan fingerprint density at radius 2 is 1.87 bits per heavy atom. The Kier molecular flexibility index (Phi) is 6.63. The van der Waals surface area contributed by atoms with E-state index < -0.39 is 0 Å². The van der Waals surface area contributed by atoms with Gasteiger partial charge >= 0.3 is 0 Å². The third-order valence-electron chi connectivity index (χ3n) is 6.27. The van der Waals surface area contributed by atoms with E-state index in [-0.39, 0.29) is 11.8 Å². The highest BCUT2D eigenvalue weighted by molar-refractivity contribution is 6.17. The third kappa shape index (κ3) is 4.94. The van der Waals surface area contributed by atoms with Crippen molar-refractivity contribution < 1.29 is 9.59 Å². The van der Waals surface area contributed by atoms with Crippen molar-refractivity contribution in [3.05, 3.63) is 48.2 Å². The van der Waals surface area contributed by atoms with Crippen LogP contribution in [0, 0.1) is 5.92 Å². The molecule has 1 atom stereocenters. The highest BCUT2D eigenvalue weighted by Crippen LogP contribution is 2.36. The highest BCUT2D eigenvalue weighted by atomic mass is 16.2. The Morgan fingerprint density at radius 3 is 2.68 bits per heavy atom. The minimum absolute atomic E-state index is 0.0321. The van der Waals surface area contributed by atoms with Gasteiger partial charge in [-0.1, -0.05) is 19.1 Å². The molecule has 1 aromatic carbocycles. The smallest absolute Gasteiger partial charge is 0.257 e. The summed E-state index contributed by atoms with van der Waals surface area (Å²) in [4.78, 5) is 36.9. The largest absolute Gasteiger partial charge is 0.319 e. The molecule has 31 heavy (non-hydrogen) atoms. The van der Waals surface area contributed by atoms with E-state index >= 15 is 0 Å². The van der Waals surface area contributed by atoms with Gasteiger partial charge in [0.05, 0.1) is 16.9 Å². The summed E-state index contributed by atoms with van der Waals surface area (Å²) in [6.07, 6.45) is 3.97. The number of rotatable bonds is 6. The molecule has 1 saturated heterocycles. The Labute approximate surface area is 184 Å². The summed E-state index contributed by atoms with van der Waals surface area (Å²) in [6, 6.07) is 10.8. The number of para-hydroxylation sites is 1. The molecule has 2 aromatic rings. The van der Waals surface area contributed by atoms with Crippen LogP contribution < -0.4 is 10.2 Å². The summed E-state index contributed by atoms with van der Waals surface area (Å²) in [5.41, 5.74) is 1.63. The number of carbonyl (C=O) groups excluding carboxylic acids is 2. The zero-order valence-corrected chi connectivity index (χ0v) is 18.4. The fraction of sp³-hybridized carbons (Fsp3) is 0.458. The zero-order chi connectivity index (χ0) is 21.8. The van der Waals surface area contributed by atoms with Crippen LogP contribution in [-0.2, 0) is 4.79 Å². The fourth-order valence-electron chi connectivity index (χ4n) is 4.19. The number of anilines is 3. The first kappa shape index (κ1) is 21.5. The first-order valence-electron chi connectivity index (χ1n) is 11.1. The van der Waals surface area contributed by atoms with Gasteiger partial charge in [-0.2, -0.15) is 0 Å². The summed E-state index contributed by atoms with van der Waals surface area (Å²) in [5, 5.41) is 2.88. The summed E-state index contributed by atoms with van der Waals surface area (Å²) >= 11 is 0. The summed E-state index contributed by atoms with van der Waals surface area (Å²) in [6.45, 7) is 7.79. The van der Waals surface area contributed by atoms with Crippen LogP contribution >= 0.6 is 0 Å². The molecule has 7 nitrogen and oxygen atoms in total. The molecule has 0 spiro atoms. The average Bonchev–Trinajstić information content (AvgIpc) is 2.91. The number of nitrogens with one attached hydrogen (secondary N) is 1. The molecule has 164 valence electrons. The molecule has 0 saturated carbocycles. The number of pyridine rings is 1. The lowest BCUT2D eigenvalue weighted by atomic mass is 10.0. The van der Waals surface area contributed by atoms with Crippen molar-refractivity contribution >= 4 is 29.0 Å². The Bertz CT molecular complexity index is 939. The maximum Gasteiger partial charge on any atom is 0.257 e. The van der Waals surface area contributed by atoms with Gasteiger partial charge in [-0.25, -0.2) is 4.98 Å². The van der Waals surface area contributed by atoms with Crippen molar-refractivity contribution in [2.75, 3.05) is 50.0 Å². The Balaban J connectivity index is 1.43. The topological polar surface area (TPSA) is 68.8 Å². The van der Waals surface area contributed by atoms with Crippen molar-refractivity contribution in [1.82, 2.24) is 14.8 Å². The van der Waals surface area contributed by atoms with E-state index in [1.54, 1.807) is 29.3 Å². The molecule has 2 aliphatic heterocycles. The van der Waals surface area contributed by atoms with E-state index in [1.807, 2.05) is 18.2 Å². The van der Waals surface area contributed by atoms with Crippen LogP contribution in [-0.4, -0.2) is 66.4 Å². The quantitative estimate of drug-likeness (QED) is 0.775. The Hall–Kier alpha value is -2.77. The molecule has 3 heterocycles. The number of hydrogen-bond donors (Lipinski definition) is 1. The van der Waals surface area contributed by atoms with Crippen LogP contribution in [0.3, 0.4) is 0 Å². The minimum Gasteiger partial charge on any atom is -0.319 e. The molecule has 1 N–H and O–H groups in total. The molecular weight excluding hydrogens is 390 g/mol. The monoisotopic (exact) mass is 421 g/mol. The number of hydrogen-bond acceptors (Lipinski definition) is 5. The number of aromatic nitrogens is 1. The van der Waals surface area contributed by atoms with E-state index in [9.17, 15) is 9.59 Å². The van der Waals surface area contributed by atoms with Gasteiger partial charge in [0.1, 0.15) is 0 Å². The van der Waals surface area contributed by atoms with E-state index in [4.69, 9.17) is 0 Å². The summed E-state index contributed by atoms with van der Waals surface area (Å²) in [5.74, 6) is 0.681. The molecule has 0 aliphatic carbocycles. The van der Waals surface area contributed by atoms with Gasteiger partial charge < -0.3 is 15.1 Å². The number of carbonyl (C=O) groups is 2. The summed E-state index contributed by atoms with van der Waals surface area (Å²) < 4.78 is 0. The third-order valence-corrected chi connectivity index (χ3v) is 6.27. The molecule has 0 bridgehead atoms. The van der Waals surface area contributed by atoms with Crippen LogP contribution in [0.15, 0.2) is 42.6 Å². The lowest BCUT2D eigenvalue weighted by molar-refractivity contribution is -0.118. The van der Waals surface area contributed by atoms with Crippen molar-refractivity contribution in [2.24, 2.45) is 5.92 Å². The average molecular weight is 422 g/mol. The van der Waals surface area contributed by atoms with E-state index in [2.05, 4.69) is 34.1 Å². The molecule has 1 aromatic heterocycles. The van der Waals surface area contributed by atoms with Crippen LogP contribution in [0.25, 0.3) is 0 Å². The minimum atomic E-state index is -0.222.